The molecule has 2 atom stereocenters. The Kier molecular flexibility index (Phi) is 6.08. The van der Waals surface area contributed by atoms with E-state index in [2.05, 4.69) is 5.32 Å². The highest BCUT2D eigenvalue weighted by molar-refractivity contribution is 5.97. The number of amides is 2. The first-order valence-corrected chi connectivity index (χ1v) is 6.60. The molecule has 1 aromatic rings. The van der Waals surface area contributed by atoms with E-state index < -0.39 is 29.7 Å². The molecule has 0 aromatic heterocycles. The van der Waals surface area contributed by atoms with Crippen molar-refractivity contribution in [3.8, 4) is 11.8 Å². The van der Waals surface area contributed by atoms with Gasteiger partial charge in [-0.1, -0.05) is 6.92 Å². The molecule has 0 bridgehead atoms. The van der Waals surface area contributed by atoms with Gasteiger partial charge in [0.25, 0.3) is 5.91 Å². The molecule has 0 aliphatic rings. The number of ether oxygens (including phenoxy) is 1. The Morgan fingerprint density at radius 3 is 2.36 bits per heavy atom. The van der Waals surface area contributed by atoms with Crippen molar-refractivity contribution in [1.82, 2.24) is 5.32 Å². The van der Waals surface area contributed by atoms with E-state index in [1.165, 1.54) is 31.2 Å². The predicted molar refractivity (Wildman–Crippen MR) is 77.6 cm³/mol. The minimum Gasteiger partial charge on any atom is -0.427 e. The fourth-order valence-electron chi connectivity index (χ4n) is 1.82. The number of hydrogen-bond donors (Lipinski definition) is 2. The highest BCUT2D eigenvalue weighted by Crippen LogP contribution is 2.13. The van der Waals surface area contributed by atoms with Crippen molar-refractivity contribution in [2.75, 3.05) is 0 Å². The minimum absolute atomic E-state index is 0.0965. The lowest BCUT2D eigenvalue weighted by molar-refractivity contribution is -0.131. The van der Waals surface area contributed by atoms with Crippen molar-refractivity contribution in [3.63, 3.8) is 0 Å². The van der Waals surface area contributed by atoms with Crippen LogP contribution in [0.3, 0.4) is 0 Å². The van der Waals surface area contributed by atoms with Gasteiger partial charge in [0.2, 0.25) is 5.91 Å². The standard InChI is InChI=1S/C15H17N3O4/c1-9(7-8-16)13(14(17)20)18-15(21)11-3-5-12(6-4-11)22-10(2)19/h3-6,9,13H,7H2,1-2H3,(H2,17,20)(H,18,21)/t9-,13-/m0/s1. The van der Waals surface area contributed by atoms with Gasteiger partial charge in [-0.25, -0.2) is 0 Å². The molecule has 0 aliphatic carbocycles. The van der Waals surface area contributed by atoms with E-state index in [1.807, 2.05) is 6.07 Å². The maximum atomic E-state index is 12.1. The average Bonchev–Trinajstić information content (AvgIpc) is 2.44. The molecule has 0 saturated carbocycles. The summed E-state index contributed by atoms with van der Waals surface area (Å²) in [5.41, 5.74) is 5.54. The second-order valence-corrected chi connectivity index (χ2v) is 4.81. The first kappa shape index (κ1) is 17.2. The fourth-order valence-corrected chi connectivity index (χ4v) is 1.82. The monoisotopic (exact) mass is 303 g/mol. The van der Waals surface area contributed by atoms with Gasteiger partial charge >= 0.3 is 5.97 Å². The van der Waals surface area contributed by atoms with E-state index in [4.69, 9.17) is 15.7 Å². The van der Waals surface area contributed by atoms with Gasteiger partial charge in [0.15, 0.2) is 0 Å². The summed E-state index contributed by atoms with van der Waals surface area (Å²) in [6.45, 7) is 2.93. The molecule has 0 unspecified atom stereocenters. The molecule has 0 saturated heterocycles. The normalized spacial score (nSPS) is 12.6. The van der Waals surface area contributed by atoms with Crippen molar-refractivity contribution >= 4 is 17.8 Å². The predicted octanol–water partition coefficient (Wildman–Crippen LogP) is 0.745. The quantitative estimate of drug-likeness (QED) is 0.593. The number of benzene rings is 1. The van der Waals surface area contributed by atoms with Crippen LogP contribution in [0.25, 0.3) is 0 Å². The lowest BCUT2D eigenvalue weighted by atomic mass is 9.98. The van der Waals surface area contributed by atoms with Gasteiger partial charge in [-0.3, -0.25) is 14.4 Å². The van der Waals surface area contributed by atoms with Crippen LogP contribution in [0, 0.1) is 17.2 Å². The molecular weight excluding hydrogens is 286 g/mol. The molecule has 0 fully saturated rings. The van der Waals surface area contributed by atoms with Crippen molar-refractivity contribution in [2.45, 2.75) is 26.3 Å². The molecule has 0 spiro atoms. The van der Waals surface area contributed by atoms with Gasteiger partial charge in [-0.05, 0) is 30.2 Å². The zero-order chi connectivity index (χ0) is 16.7. The van der Waals surface area contributed by atoms with Gasteiger partial charge in [0.1, 0.15) is 11.8 Å². The van der Waals surface area contributed by atoms with Gasteiger partial charge in [-0.2, -0.15) is 5.26 Å². The van der Waals surface area contributed by atoms with Crippen molar-refractivity contribution in [1.29, 1.82) is 5.26 Å². The molecule has 1 aromatic carbocycles. The van der Waals surface area contributed by atoms with E-state index in [0.717, 1.165) is 0 Å². The maximum Gasteiger partial charge on any atom is 0.308 e. The Bertz CT molecular complexity index is 604. The van der Waals surface area contributed by atoms with Gasteiger partial charge in [-0.15, -0.1) is 0 Å². The molecule has 7 nitrogen and oxygen atoms in total. The summed E-state index contributed by atoms with van der Waals surface area (Å²) in [7, 11) is 0. The van der Waals surface area contributed by atoms with Crippen molar-refractivity contribution in [3.05, 3.63) is 29.8 Å². The summed E-state index contributed by atoms with van der Waals surface area (Å²) in [5.74, 6) is -1.74. The maximum absolute atomic E-state index is 12.1. The van der Waals surface area contributed by atoms with Crippen LogP contribution < -0.4 is 15.8 Å². The van der Waals surface area contributed by atoms with E-state index in [0.29, 0.717) is 5.75 Å². The Balaban J connectivity index is 2.80. The molecular formula is C15H17N3O4. The molecule has 0 heterocycles. The van der Waals surface area contributed by atoms with Crippen LogP contribution in [-0.2, 0) is 9.59 Å². The second-order valence-electron chi connectivity index (χ2n) is 4.81. The van der Waals surface area contributed by atoms with Gasteiger partial charge in [0, 0.05) is 18.9 Å². The first-order valence-electron chi connectivity index (χ1n) is 6.60. The molecule has 7 heteroatoms. The van der Waals surface area contributed by atoms with Crippen LogP contribution in [0.1, 0.15) is 30.6 Å². The van der Waals surface area contributed by atoms with Gasteiger partial charge in [0.05, 0.1) is 6.07 Å². The highest BCUT2D eigenvalue weighted by Gasteiger charge is 2.25. The summed E-state index contributed by atoms with van der Waals surface area (Å²) < 4.78 is 4.86. The number of nitrogens with two attached hydrogens (primary N) is 1. The molecule has 1 rings (SSSR count). The number of carbonyl (C=O) groups excluding carboxylic acids is 3. The topological polar surface area (TPSA) is 122 Å². The SMILES string of the molecule is CC(=O)Oc1ccc(C(=O)N[C@H](C(N)=O)[C@@H](C)CC#N)cc1. The first-order chi connectivity index (χ1) is 10.3. The summed E-state index contributed by atoms with van der Waals surface area (Å²) >= 11 is 0. The zero-order valence-corrected chi connectivity index (χ0v) is 12.3. The molecule has 0 radical (unpaired) electrons. The number of esters is 1. The minimum atomic E-state index is -0.930. The van der Waals surface area contributed by atoms with Crippen molar-refractivity contribution < 1.29 is 19.1 Å². The largest absolute Gasteiger partial charge is 0.427 e. The Morgan fingerprint density at radius 1 is 1.32 bits per heavy atom. The molecule has 116 valence electrons. The number of nitrogens with zero attached hydrogens (tertiary/aromatic N) is 1. The Labute approximate surface area is 128 Å². The lowest BCUT2D eigenvalue weighted by Gasteiger charge is -2.20. The Hall–Kier alpha value is -2.88. The summed E-state index contributed by atoms with van der Waals surface area (Å²) in [6.07, 6.45) is 0.0965. The number of nitrogens with one attached hydrogen (secondary N) is 1. The molecule has 0 aliphatic heterocycles. The molecule has 22 heavy (non-hydrogen) atoms. The number of carbonyl (C=O) groups is 3. The highest BCUT2D eigenvalue weighted by atomic mass is 16.5. The van der Waals surface area contributed by atoms with Crippen LogP contribution in [0.5, 0.6) is 5.75 Å². The van der Waals surface area contributed by atoms with Crippen LogP contribution in [0.4, 0.5) is 0 Å². The lowest BCUT2D eigenvalue weighted by Crippen LogP contribution is -2.48. The third-order valence-corrected chi connectivity index (χ3v) is 2.95. The summed E-state index contributed by atoms with van der Waals surface area (Å²) in [5, 5.41) is 11.2. The van der Waals surface area contributed by atoms with Crippen LogP contribution in [-0.4, -0.2) is 23.8 Å². The van der Waals surface area contributed by atoms with Crippen LogP contribution >= 0.6 is 0 Å². The smallest absolute Gasteiger partial charge is 0.308 e. The Morgan fingerprint density at radius 2 is 1.91 bits per heavy atom. The third-order valence-electron chi connectivity index (χ3n) is 2.95. The number of hydrogen-bond acceptors (Lipinski definition) is 5. The van der Waals surface area contributed by atoms with Crippen molar-refractivity contribution in [2.24, 2.45) is 11.7 Å². The molecule has 2 amide bonds. The second kappa shape index (κ2) is 7.78. The molecule has 3 N–H and O–H groups in total. The number of nitriles is 1. The fraction of sp³-hybridized carbons (Fsp3) is 0.333. The van der Waals surface area contributed by atoms with E-state index in [1.54, 1.807) is 6.92 Å². The summed E-state index contributed by atoms with van der Waals surface area (Å²) in [4.78, 5) is 34.3. The zero-order valence-electron chi connectivity index (χ0n) is 12.3. The third kappa shape index (κ3) is 4.90. The average molecular weight is 303 g/mol. The number of primary amides is 1. The van der Waals surface area contributed by atoms with E-state index in [9.17, 15) is 14.4 Å². The van der Waals surface area contributed by atoms with Crippen LogP contribution in [0.2, 0.25) is 0 Å². The summed E-state index contributed by atoms with van der Waals surface area (Å²) in [6, 6.07) is 6.85. The van der Waals surface area contributed by atoms with E-state index in [-0.39, 0.29) is 12.0 Å². The van der Waals surface area contributed by atoms with Crippen LogP contribution in [0.15, 0.2) is 24.3 Å². The number of rotatable bonds is 6. The van der Waals surface area contributed by atoms with E-state index >= 15 is 0 Å². The van der Waals surface area contributed by atoms with Gasteiger partial charge < -0.3 is 15.8 Å².